The Morgan fingerprint density at radius 1 is 1.00 bits per heavy atom. The zero-order valence-corrected chi connectivity index (χ0v) is 17.2. The maximum Gasteiger partial charge on any atom is 0.408 e. The van der Waals surface area contributed by atoms with E-state index in [2.05, 4.69) is 5.32 Å². The molecule has 7 nitrogen and oxygen atoms in total. The number of esters is 1. The van der Waals surface area contributed by atoms with E-state index in [1.165, 1.54) is 12.0 Å². The summed E-state index contributed by atoms with van der Waals surface area (Å²) in [6, 6.07) is 17.9. The van der Waals surface area contributed by atoms with E-state index >= 15 is 0 Å². The molecule has 7 heteroatoms. The standard InChI is InChI=1S/C23H26N2O5/c1-17(20(26)29-2)25(15-18-9-5-3-6-10-18)21(27)23(13-14-23)24-22(28)30-16-19-11-7-4-8-12-19/h3-12,17H,13-16H2,1-2H3,(H,24,28)/t17-/m1/s1. The molecule has 1 saturated carbocycles. The van der Waals surface area contributed by atoms with Crippen molar-refractivity contribution in [2.24, 2.45) is 0 Å². The van der Waals surface area contributed by atoms with Gasteiger partial charge in [-0.3, -0.25) is 4.79 Å². The van der Waals surface area contributed by atoms with Crippen LogP contribution in [0.1, 0.15) is 30.9 Å². The van der Waals surface area contributed by atoms with Crippen molar-refractivity contribution >= 4 is 18.0 Å². The SMILES string of the molecule is COC(=O)[C@@H](C)N(Cc1ccccc1)C(=O)C1(NC(=O)OCc2ccccc2)CC1. The molecule has 0 aromatic heterocycles. The van der Waals surface area contributed by atoms with Crippen LogP contribution in [0.5, 0.6) is 0 Å². The number of carbonyl (C=O) groups is 3. The van der Waals surface area contributed by atoms with Crippen molar-refractivity contribution in [2.75, 3.05) is 7.11 Å². The summed E-state index contributed by atoms with van der Waals surface area (Å²) in [5.74, 6) is -0.831. The van der Waals surface area contributed by atoms with Gasteiger partial charge in [0.25, 0.3) is 0 Å². The summed E-state index contributed by atoms with van der Waals surface area (Å²) in [6.45, 7) is 1.97. The Morgan fingerprint density at radius 3 is 2.10 bits per heavy atom. The highest BCUT2D eigenvalue weighted by molar-refractivity contribution is 5.95. The zero-order chi connectivity index (χ0) is 21.6. The average molecular weight is 410 g/mol. The van der Waals surface area contributed by atoms with Gasteiger partial charge >= 0.3 is 12.1 Å². The van der Waals surface area contributed by atoms with Gasteiger partial charge in [0.15, 0.2) is 0 Å². The molecule has 2 amide bonds. The maximum atomic E-state index is 13.4. The first-order chi connectivity index (χ1) is 14.4. The number of alkyl carbamates (subject to hydrolysis) is 1. The van der Waals surface area contributed by atoms with Gasteiger partial charge < -0.3 is 19.7 Å². The Labute approximate surface area is 176 Å². The van der Waals surface area contributed by atoms with Crippen LogP contribution in [0.15, 0.2) is 60.7 Å². The highest BCUT2D eigenvalue weighted by Crippen LogP contribution is 2.38. The van der Waals surface area contributed by atoms with Gasteiger partial charge in [-0.25, -0.2) is 9.59 Å². The number of nitrogens with zero attached hydrogens (tertiary/aromatic N) is 1. The van der Waals surface area contributed by atoms with Crippen LogP contribution in [-0.2, 0) is 32.2 Å². The Bertz CT molecular complexity index is 881. The summed E-state index contributed by atoms with van der Waals surface area (Å²) in [5, 5.41) is 2.71. The van der Waals surface area contributed by atoms with Crippen molar-refractivity contribution in [3.8, 4) is 0 Å². The Hall–Kier alpha value is -3.35. The van der Waals surface area contributed by atoms with Gasteiger partial charge in [0, 0.05) is 6.54 Å². The smallest absolute Gasteiger partial charge is 0.408 e. The number of benzene rings is 2. The third-order valence-electron chi connectivity index (χ3n) is 5.18. The molecule has 1 fully saturated rings. The fraction of sp³-hybridized carbons (Fsp3) is 0.348. The van der Waals surface area contributed by atoms with E-state index in [0.29, 0.717) is 12.8 Å². The first-order valence-electron chi connectivity index (χ1n) is 9.87. The molecular formula is C23H26N2O5. The van der Waals surface area contributed by atoms with E-state index in [1.54, 1.807) is 6.92 Å². The largest absolute Gasteiger partial charge is 0.467 e. The number of rotatable bonds is 8. The second-order valence-electron chi connectivity index (χ2n) is 7.39. The molecular weight excluding hydrogens is 384 g/mol. The van der Waals surface area contributed by atoms with Crippen LogP contribution in [0.25, 0.3) is 0 Å². The minimum absolute atomic E-state index is 0.114. The van der Waals surface area contributed by atoms with Crippen LogP contribution >= 0.6 is 0 Å². The molecule has 30 heavy (non-hydrogen) atoms. The van der Waals surface area contributed by atoms with E-state index in [4.69, 9.17) is 9.47 Å². The van der Waals surface area contributed by atoms with Crippen molar-refractivity contribution in [1.29, 1.82) is 0 Å². The van der Waals surface area contributed by atoms with Gasteiger partial charge in [-0.1, -0.05) is 60.7 Å². The predicted octanol–water partition coefficient (Wildman–Crippen LogP) is 3.04. The molecule has 0 radical (unpaired) electrons. The number of ether oxygens (including phenoxy) is 2. The van der Waals surface area contributed by atoms with Crippen LogP contribution in [0.2, 0.25) is 0 Å². The first-order valence-corrected chi connectivity index (χ1v) is 9.87. The highest BCUT2D eigenvalue weighted by Gasteiger charge is 2.54. The number of methoxy groups -OCH3 is 1. The van der Waals surface area contributed by atoms with Crippen molar-refractivity contribution in [3.05, 3.63) is 71.8 Å². The summed E-state index contributed by atoms with van der Waals surface area (Å²) in [6.07, 6.45) is 0.326. The van der Waals surface area contributed by atoms with E-state index in [1.807, 2.05) is 60.7 Å². The minimum atomic E-state index is -1.05. The number of hydrogen-bond donors (Lipinski definition) is 1. The predicted molar refractivity (Wildman–Crippen MR) is 110 cm³/mol. The zero-order valence-electron chi connectivity index (χ0n) is 17.2. The molecule has 3 rings (SSSR count). The van der Waals surface area contributed by atoms with Crippen molar-refractivity contribution in [3.63, 3.8) is 0 Å². The summed E-state index contributed by atoms with van der Waals surface area (Å²) in [4.78, 5) is 39.3. The van der Waals surface area contributed by atoms with Gasteiger partial charge in [-0.2, -0.15) is 0 Å². The molecule has 0 aliphatic heterocycles. The lowest BCUT2D eigenvalue weighted by atomic mass is 10.1. The lowest BCUT2D eigenvalue weighted by molar-refractivity contribution is -0.153. The lowest BCUT2D eigenvalue weighted by Gasteiger charge is -2.31. The van der Waals surface area contributed by atoms with Crippen LogP contribution in [0, 0.1) is 0 Å². The topological polar surface area (TPSA) is 84.9 Å². The van der Waals surface area contributed by atoms with Crippen LogP contribution in [0.3, 0.4) is 0 Å². The Morgan fingerprint density at radius 2 is 1.57 bits per heavy atom. The molecule has 0 spiro atoms. The van der Waals surface area contributed by atoms with Crippen molar-refractivity contribution in [2.45, 2.75) is 44.5 Å². The summed E-state index contributed by atoms with van der Waals surface area (Å²) in [7, 11) is 1.29. The van der Waals surface area contributed by atoms with Crippen molar-refractivity contribution < 1.29 is 23.9 Å². The Kier molecular flexibility index (Phi) is 6.72. The second kappa shape index (κ2) is 9.43. The van der Waals surface area contributed by atoms with Gasteiger partial charge in [0.1, 0.15) is 18.2 Å². The monoisotopic (exact) mass is 410 g/mol. The molecule has 0 heterocycles. The molecule has 1 N–H and O–H groups in total. The van der Waals surface area contributed by atoms with Crippen molar-refractivity contribution in [1.82, 2.24) is 10.2 Å². The summed E-state index contributed by atoms with van der Waals surface area (Å²) in [5.41, 5.74) is 0.683. The molecule has 0 unspecified atom stereocenters. The maximum absolute atomic E-state index is 13.4. The molecule has 1 atom stereocenters. The number of carbonyl (C=O) groups excluding carboxylic acids is 3. The third-order valence-corrected chi connectivity index (χ3v) is 5.18. The quantitative estimate of drug-likeness (QED) is 0.676. The van der Waals surface area contributed by atoms with E-state index in [0.717, 1.165) is 11.1 Å². The molecule has 0 bridgehead atoms. The molecule has 1 aliphatic carbocycles. The van der Waals surface area contributed by atoms with Crippen LogP contribution in [-0.4, -0.2) is 41.6 Å². The fourth-order valence-electron chi connectivity index (χ4n) is 3.21. The number of nitrogens with one attached hydrogen (secondary N) is 1. The Balaban J connectivity index is 1.69. The molecule has 1 aliphatic rings. The minimum Gasteiger partial charge on any atom is -0.467 e. The van der Waals surface area contributed by atoms with Gasteiger partial charge in [-0.05, 0) is 30.9 Å². The number of hydrogen-bond acceptors (Lipinski definition) is 5. The number of amides is 2. The van der Waals surface area contributed by atoms with E-state index < -0.39 is 23.6 Å². The molecule has 158 valence electrons. The average Bonchev–Trinajstić information content (AvgIpc) is 3.56. The summed E-state index contributed by atoms with van der Waals surface area (Å²) < 4.78 is 10.1. The first kappa shape index (κ1) is 21.4. The van der Waals surface area contributed by atoms with Gasteiger partial charge in [-0.15, -0.1) is 0 Å². The van der Waals surface area contributed by atoms with E-state index in [-0.39, 0.29) is 19.1 Å². The van der Waals surface area contributed by atoms with E-state index in [9.17, 15) is 14.4 Å². The van der Waals surface area contributed by atoms with Gasteiger partial charge in [0.05, 0.1) is 7.11 Å². The lowest BCUT2D eigenvalue weighted by Crippen LogP contribution is -2.54. The summed E-state index contributed by atoms with van der Waals surface area (Å²) >= 11 is 0. The normalized spacial score (nSPS) is 14.9. The van der Waals surface area contributed by atoms with Crippen LogP contribution in [0.4, 0.5) is 4.79 Å². The molecule has 2 aromatic carbocycles. The molecule has 2 aromatic rings. The second-order valence-corrected chi connectivity index (χ2v) is 7.39. The van der Waals surface area contributed by atoms with Gasteiger partial charge in [0.2, 0.25) is 5.91 Å². The molecule has 0 saturated heterocycles. The fourth-order valence-corrected chi connectivity index (χ4v) is 3.21. The highest BCUT2D eigenvalue weighted by atomic mass is 16.5. The van der Waals surface area contributed by atoms with Crippen LogP contribution < -0.4 is 5.32 Å². The third kappa shape index (κ3) is 5.17.